The minimum Gasteiger partial charge on any atom is -0.456 e. The van der Waals surface area contributed by atoms with E-state index in [2.05, 4.69) is 27.7 Å². The summed E-state index contributed by atoms with van der Waals surface area (Å²) < 4.78 is 24.5. The monoisotopic (exact) mass is 516 g/mol. The molecule has 8 nitrogen and oxygen atoms in total. The molecule has 7 rings (SSSR count). The molecular weight excluding hydrogens is 476 g/mol. The highest BCUT2D eigenvalue weighted by Crippen LogP contribution is 2.76. The molecule has 3 aliphatic carbocycles. The van der Waals surface area contributed by atoms with Crippen LogP contribution in [-0.2, 0) is 28.5 Å². The smallest absolute Gasteiger partial charge is 0.334 e. The summed E-state index contributed by atoms with van der Waals surface area (Å²) in [5.74, 6) is -0.554. The van der Waals surface area contributed by atoms with Gasteiger partial charge in [0.15, 0.2) is 0 Å². The van der Waals surface area contributed by atoms with Crippen molar-refractivity contribution < 1.29 is 38.7 Å². The van der Waals surface area contributed by atoms with Crippen LogP contribution in [0, 0.1) is 29.1 Å². The van der Waals surface area contributed by atoms with E-state index in [1.165, 1.54) is 0 Å². The first-order valence-electron chi connectivity index (χ1n) is 14.1. The van der Waals surface area contributed by atoms with Gasteiger partial charge in [-0.25, -0.2) is 4.79 Å². The quantitative estimate of drug-likeness (QED) is 0.435. The SMILES string of the molecule is CC1=C[C@H]([C@H](O)[C@H](C)[C@@H]2C[C@H]3O[C@]34[C@H]3CC[C@@H]5C(C)(C)O[C@H]6CC(=O)O[C@]65C[C@]3(O)CC[C@@]24C)OC1=O. The Morgan fingerprint density at radius 2 is 1.78 bits per heavy atom. The fraction of sp³-hybridized carbons (Fsp3) is 0.862. The summed E-state index contributed by atoms with van der Waals surface area (Å²) in [4.78, 5) is 24.4. The Kier molecular flexibility index (Phi) is 4.76. The number of cyclic esters (lactones) is 1. The van der Waals surface area contributed by atoms with Crippen molar-refractivity contribution in [3.8, 4) is 0 Å². The van der Waals surface area contributed by atoms with E-state index in [1.807, 2.05) is 0 Å². The lowest BCUT2D eigenvalue weighted by Crippen LogP contribution is -2.61. The predicted molar refractivity (Wildman–Crippen MR) is 130 cm³/mol. The Morgan fingerprint density at radius 3 is 2.49 bits per heavy atom. The molecule has 0 aromatic heterocycles. The number of hydrogen-bond acceptors (Lipinski definition) is 8. The molecule has 0 unspecified atom stereocenters. The second-order valence-electron chi connectivity index (χ2n) is 14.0. The molecular formula is C29H40O8. The molecule has 7 aliphatic rings. The Bertz CT molecular complexity index is 1100. The maximum Gasteiger partial charge on any atom is 0.334 e. The van der Waals surface area contributed by atoms with E-state index in [9.17, 15) is 19.8 Å². The van der Waals surface area contributed by atoms with Crippen LogP contribution in [0.25, 0.3) is 0 Å². The van der Waals surface area contributed by atoms with Crippen LogP contribution in [0.1, 0.15) is 79.6 Å². The number of carbonyl (C=O) groups is 2. The van der Waals surface area contributed by atoms with Gasteiger partial charge < -0.3 is 29.2 Å². The summed E-state index contributed by atoms with van der Waals surface area (Å²) >= 11 is 0. The fourth-order valence-electron chi connectivity index (χ4n) is 10.4. The maximum atomic E-state index is 12.5. The van der Waals surface area contributed by atoms with Crippen LogP contribution >= 0.6 is 0 Å². The van der Waals surface area contributed by atoms with Crippen molar-refractivity contribution in [1.82, 2.24) is 0 Å². The molecule has 204 valence electrons. The average Bonchev–Trinajstić information content (AvgIpc) is 3.16. The van der Waals surface area contributed by atoms with Gasteiger partial charge in [-0.2, -0.15) is 0 Å². The molecule has 12 atom stereocenters. The van der Waals surface area contributed by atoms with Crippen LogP contribution in [0.3, 0.4) is 0 Å². The van der Waals surface area contributed by atoms with E-state index in [4.69, 9.17) is 18.9 Å². The van der Waals surface area contributed by atoms with E-state index in [1.54, 1.807) is 13.0 Å². The zero-order valence-corrected chi connectivity index (χ0v) is 22.5. The predicted octanol–water partition coefficient (Wildman–Crippen LogP) is 2.82. The van der Waals surface area contributed by atoms with Crippen molar-refractivity contribution in [2.75, 3.05) is 0 Å². The van der Waals surface area contributed by atoms with Crippen molar-refractivity contribution >= 4 is 11.9 Å². The molecule has 8 heteroatoms. The highest BCUT2D eigenvalue weighted by Gasteiger charge is 2.83. The maximum absolute atomic E-state index is 12.5. The van der Waals surface area contributed by atoms with Gasteiger partial charge in [-0.3, -0.25) is 4.79 Å². The lowest BCUT2D eigenvalue weighted by molar-refractivity contribution is -0.185. The minimum absolute atomic E-state index is 0.0240. The lowest BCUT2D eigenvalue weighted by Gasteiger charge is -2.55. The largest absolute Gasteiger partial charge is 0.456 e. The van der Waals surface area contributed by atoms with Crippen molar-refractivity contribution in [3.05, 3.63) is 11.6 Å². The molecule has 2 spiro atoms. The molecule has 2 N–H and O–H groups in total. The van der Waals surface area contributed by atoms with Gasteiger partial charge in [0.05, 0.1) is 29.8 Å². The number of aliphatic hydroxyl groups is 2. The third-order valence-corrected chi connectivity index (χ3v) is 12.1. The Morgan fingerprint density at radius 1 is 1.05 bits per heavy atom. The number of carbonyl (C=O) groups excluding carboxylic acids is 2. The first-order valence-corrected chi connectivity index (χ1v) is 14.1. The standard InChI is InChI=1S/C29H40O8/c1-14-10-17(34-24(14)32)23(31)15(2)16-11-21-29(36-21)19-7-6-18-25(3,4)35-20-12-22(30)37-28(18,20)13-27(19,33)9-8-26(16,29)5/h10,15-21,23,31,33H,6-9,11-13H2,1-5H3/t15-,16+,17-,18-,19+,20+,21-,23-,26+,27-,28+,29-/m1/s1. The van der Waals surface area contributed by atoms with E-state index in [-0.39, 0.29) is 59.7 Å². The molecule has 3 saturated heterocycles. The summed E-state index contributed by atoms with van der Waals surface area (Å²) in [5, 5.41) is 23.7. The molecule has 0 bridgehead atoms. The first kappa shape index (κ1) is 24.6. The van der Waals surface area contributed by atoms with Crippen LogP contribution in [-0.4, -0.2) is 69.0 Å². The average molecular weight is 517 g/mol. The second kappa shape index (κ2) is 7.18. The van der Waals surface area contributed by atoms with Crippen molar-refractivity contribution in [1.29, 1.82) is 0 Å². The highest BCUT2D eigenvalue weighted by atomic mass is 16.6. The zero-order chi connectivity index (χ0) is 26.3. The number of aliphatic hydroxyl groups excluding tert-OH is 1. The van der Waals surface area contributed by atoms with Crippen LogP contribution < -0.4 is 0 Å². The lowest BCUT2D eigenvalue weighted by atomic mass is 9.52. The number of ether oxygens (including phenoxy) is 4. The molecule has 37 heavy (non-hydrogen) atoms. The molecule has 0 aromatic rings. The fourth-order valence-corrected chi connectivity index (χ4v) is 10.4. The molecule has 3 saturated carbocycles. The highest BCUT2D eigenvalue weighted by molar-refractivity contribution is 5.90. The Hall–Kier alpha value is -1.48. The molecule has 4 aliphatic heterocycles. The van der Waals surface area contributed by atoms with E-state index in [0.717, 1.165) is 25.7 Å². The Labute approximate surface area is 218 Å². The first-order chi connectivity index (χ1) is 17.3. The van der Waals surface area contributed by atoms with E-state index in [0.29, 0.717) is 18.4 Å². The van der Waals surface area contributed by atoms with E-state index >= 15 is 0 Å². The second-order valence-corrected chi connectivity index (χ2v) is 14.0. The van der Waals surface area contributed by atoms with Gasteiger partial charge in [-0.15, -0.1) is 0 Å². The molecule has 0 aromatic carbocycles. The van der Waals surface area contributed by atoms with Crippen LogP contribution in [0.15, 0.2) is 11.6 Å². The zero-order valence-electron chi connectivity index (χ0n) is 22.5. The van der Waals surface area contributed by atoms with Gasteiger partial charge in [0.25, 0.3) is 0 Å². The molecule has 0 radical (unpaired) electrons. The van der Waals surface area contributed by atoms with Gasteiger partial charge in [0, 0.05) is 29.2 Å². The van der Waals surface area contributed by atoms with Crippen molar-refractivity contribution in [2.24, 2.45) is 29.1 Å². The van der Waals surface area contributed by atoms with Crippen LogP contribution in [0.5, 0.6) is 0 Å². The number of rotatable bonds is 3. The molecule has 6 fully saturated rings. The Balaban J connectivity index is 1.20. The van der Waals surface area contributed by atoms with Gasteiger partial charge in [0.2, 0.25) is 0 Å². The third kappa shape index (κ3) is 2.88. The van der Waals surface area contributed by atoms with Gasteiger partial charge in [0.1, 0.15) is 23.4 Å². The van der Waals surface area contributed by atoms with Crippen molar-refractivity contribution in [2.45, 2.75) is 126 Å². The van der Waals surface area contributed by atoms with Crippen LogP contribution in [0.4, 0.5) is 0 Å². The summed E-state index contributed by atoms with van der Waals surface area (Å²) in [7, 11) is 0. The minimum atomic E-state index is -1.01. The van der Waals surface area contributed by atoms with Gasteiger partial charge in [-0.1, -0.05) is 13.8 Å². The van der Waals surface area contributed by atoms with Gasteiger partial charge in [-0.05, 0) is 70.8 Å². The van der Waals surface area contributed by atoms with E-state index < -0.39 is 34.6 Å². The third-order valence-electron chi connectivity index (χ3n) is 12.1. The van der Waals surface area contributed by atoms with Gasteiger partial charge >= 0.3 is 11.9 Å². The number of hydrogen-bond donors (Lipinski definition) is 2. The number of esters is 2. The van der Waals surface area contributed by atoms with Crippen LogP contribution in [0.2, 0.25) is 0 Å². The molecule has 4 heterocycles. The van der Waals surface area contributed by atoms with Crippen molar-refractivity contribution in [3.63, 3.8) is 0 Å². The topological polar surface area (TPSA) is 115 Å². The summed E-state index contributed by atoms with van der Waals surface area (Å²) in [6, 6.07) is 0. The summed E-state index contributed by atoms with van der Waals surface area (Å²) in [6.07, 6.45) is 4.49. The molecule has 0 amide bonds. The summed E-state index contributed by atoms with van der Waals surface area (Å²) in [6.45, 7) is 10.2. The number of epoxide rings is 1. The summed E-state index contributed by atoms with van der Waals surface area (Å²) in [5.41, 5.74) is -2.34. The number of fused-ring (bicyclic) bond motifs is 1. The normalized spacial score (nSPS) is 54.5.